The van der Waals surface area contributed by atoms with Crippen molar-refractivity contribution in [2.24, 2.45) is 5.92 Å². The first kappa shape index (κ1) is 21.1. The Morgan fingerprint density at radius 3 is 2.65 bits per heavy atom. The third kappa shape index (κ3) is 3.61. The number of hydrogen-bond acceptors (Lipinski definition) is 4. The maximum atomic E-state index is 13.3. The van der Waals surface area contributed by atoms with Crippen LogP contribution in [0.1, 0.15) is 55.5 Å². The predicted molar refractivity (Wildman–Crippen MR) is 126 cm³/mol. The smallest absolute Gasteiger partial charge is 0.260 e. The fourth-order valence-electron chi connectivity index (χ4n) is 4.61. The Hall–Kier alpha value is -3.42. The van der Waals surface area contributed by atoms with Crippen LogP contribution in [0.15, 0.2) is 36.8 Å². The fraction of sp³-hybridized carbons (Fsp3) is 0.385. The van der Waals surface area contributed by atoms with Crippen LogP contribution >= 0.6 is 0 Å². The molecule has 4 aromatic heterocycles. The molecule has 0 aromatic carbocycles. The lowest BCUT2D eigenvalue weighted by atomic mass is 10.0. The van der Waals surface area contributed by atoms with Crippen molar-refractivity contribution in [1.82, 2.24) is 19.4 Å². The molecule has 6 rings (SSSR count). The summed E-state index contributed by atoms with van der Waals surface area (Å²) in [6.07, 6.45) is 9.47. The molecular formula is C26H25F2N5O. The fourth-order valence-corrected chi connectivity index (χ4v) is 4.61. The standard InChI is InChI=1S/C26H25F2N5O/c1-3-4-17-7-14(2)19(12-29-17)18-8-16-11-30-23(32-25(34)20-10-26(20,27)28)9-22(16)33-13-21(15-5-6-15)31-24(18)33/h7-9,11-13,15,20H,3-6,10H2,1-2H3,(H,30,32,34). The van der Waals surface area contributed by atoms with Crippen molar-refractivity contribution in [2.45, 2.75) is 57.8 Å². The topological polar surface area (TPSA) is 72.2 Å². The van der Waals surface area contributed by atoms with E-state index in [1.54, 1.807) is 12.3 Å². The quantitative estimate of drug-likeness (QED) is 0.401. The number of nitrogens with zero attached hydrogens (tertiary/aromatic N) is 4. The lowest BCUT2D eigenvalue weighted by Gasteiger charge is -2.12. The number of fused-ring (bicyclic) bond motifs is 3. The van der Waals surface area contributed by atoms with Gasteiger partial charge in [0.1, 0.15) is 17.4 Å². The van der Waals surface area contributed by atoms with Crippen molar-refractivity contribution >= 4 is 28.3 Å². The van der Waals surface area contributed by atoms with Crippen LogP contribution in [0.2, 0.25) is 0 Å². The molecule has 2 aliphatic carbocycles. The van der Waals surface area contributed by atoms with E-state index in [-0.39, 0.29) is 5.82 Å². The number of aromatic nitrogens is 4. The molecule has 0 saturated heterocycles. The highest BCUT2D eigenvalue weighted by Crippen LogP contribution is 2.49. The second-order valence-electron chi connectivity index (χ2n) is 9.57. The third-order valence-electron chi connectivity index (χ3n) is 6.79. The molecule has 0 spiro atoms. The molecule has 2 aliphatic rings. The van der Waals surface area contributed by atoms with Crippen LogP contribution in [-0.4, -0.2) is 31.2 Å². The Labute approximate surface area is 195 Å². The molecule has 6 nitrogen and oxygen atoms in total. The number of anilines is 1. The lowest BCUT2D eigenvalue weighted by Crippen LogP contribution is -2.18. The summed E-state index contributed by atoms with van der Waals surface area (Å²) in [5, 5.41) is 3.43. The van der Waals surface area contributed by atoms with Gasteiger partial charge >= 0.3 is 0 Å². The van der Waals surface area contributed by atoms with Crippen molar-refractivity contribution in [1.29, 1.82) is 0 Å². The number of pyridine rings is 3. The van der Waals surface area contributed by atoms with Crippen LogP contribution in [0.25, 0.3) is 27.7 Å². The van der Waals surface area contributed by atoms with Gasteiger partial charge in [-0.05, 0) is 43.9 Å². The summed E-state index contributed by atoms with van der Waals surface area (Å²) in [6, 6.07) is 5.92. The van der Waals surface area contributed by atoms with Crippen LogP contribution in [0, 0.1) is 12.8 Å². The molecule has 4 aromatic rings. The SMILES string of the molecule is CCCc1cc(C)c(-c2cc3cnc(NC(=O)C4CC4(F)F)cc3n3cc(C4CC4)nc23)cn1. The molecule has 174 valence electrons. The maximum Gasteiger partial charge on any atom is 0.260 e. The van der Waals surface area contributed by atoms with Gasteiger partial charge in [-0.2, -0.15) is 0 Å². The average Bonchev–Trinajstić information content (AvgIpc) is 3.70. The summed E-state index contributed by atoms with van der Waals surface area (Å²) in [7, 11) is 0. The first-order chi connectivity index (χ1) is 16.3. The summed E-state index contributed by atoms with van der Waals surface area (Å²) in [5.74, 6) is -4.15. The second kappa shape index (κ2) is 7.55. The van der Waals surface area contributed by atoms with Gasteiger partial charge in [0.25, 0.3) is 5.92 Å². The summed E-state index contributed by atoms with van der Waals surface area (Å²) in [6.45, 7) is 4.23. The molecule has 4 heterocycles. The van der Waals surface area contributed by atoms with Crippen molar-refractivity contribution < 1.29 is 13.6 Å². The van der Waals surface area contributed by atoms with E-state index in [1.807, 2.05) is 22.9 Å². The van der Waals surface area contributed by atoms with Gasteiger partial charge in [-0.3, -0.25) is 14.2 Å². The summed E-state index contributed by atoms with van der Waals surface area (Å²) >= 11 is 0. The zero-order valence-corrected chi connectivity index (χ0v) is 19.1. The monoisotopic (exact) mass is 461 g/mol. The van der Waals surface area contributed by atoms with Crippen molar-refractivity contribution in [3.63, 3.8) is 0 Å². The number of halogens is 2. The Bertz CT molecular complexity index is 1460. The van der Waals surface area contributed by atoms with E-state index < -0.39 is 24.2 Å². The van der Waals surface area contributed by atoms with E-state index >= 15 is 0 Å². The van der Waals surface area contributed by atoms with E-state index in [4.69, 9.17) is 4.98 Å². The van der Waals surface area contributed by atoms with Gasteiger partial charge in [0.05, 0.1) is 11.2 Å². The minimum atomic E-state index is -2.91. The van der Waals surface area contributed by atoms with Gasteiger partial charge in [-0.15, -0.1) is 0 Å². The normalized spacial score (nSPS) is 19.0. The van der Waals surface area contributed by atoms with E-state index in [0.717, 1.165) is 70.3 Å². The largest absolute Gasteiger partial charge is 0.310 e. The Morgan fingerprint density at radius 2 is 1.97 bits per heavy atom. The minimum Gasteiger partial charge on any atom is -0.310 e. The first-order valence-electron chi connectivity index (χ1n) is 11.8. The average molecular weight is 462 g/mol. The van der Waals surface area contributed by atoms with Crippen LogP contribution in [0.5, 0.6) is 0 Å². The molecule has 1 atom stereocenters. The van der Waals surface area contributed by atoms with E-state index in [1.165, 1.54) is 0 Å². The minimum absolute atomic E-state index is 0.262. The number of alkyl halides is 2. The number of nitrogens with one attached hydrogen (secondary N) is 1. The van der Waals surface area contributed by atoms with Crippen LogP contribution in [0.3, 0.4) is 0 Å². The Balaban J connectivity index is 1.47. The van der Waals surface area contributed by atoms with Crippen LogP contribution in [-0.2, 0) is 11.2 Å². The first-order valence-corrected chi connectivity index (χ1v) is 11.8. The number of carbonyl (C=O) groups excluding carboxylic acids is 1. The van der Waals surface area contributed by atoms with Gasteiger partial charge in [0.15, 0.2) is 0 Å². The highest BCUT2D eigenvalue weighted by Gasteiger charge is 2.61. The van der Waals surface area contributed by atoms with E-state index in [0.29, 0.717) is 5.92 Å². The summed E-state index contributed by atoms with van der Waals surface area (Å²) in [4.78, 5) is 26.2. The molecule has 0 radical (unpaired) electrons. The molecule has 0 bridgehead atoms. The Morgan fingerprint density at radius 1 is 1.18 bits per heavy atom. The third-order valence-corrected chi connectivity index (χ3v) is 6.79. The number of imidazole rings is 1. The lowest BCUT2D eigenvalue weighted by molar-refractivity contribution is -0.119. The molecule has 1 unspecified atom stereocenters. The highest BCUT2D eigenvalue weighted by molar-refractivity contribution is 5.97. The molecule has 8 heteroatoms. The number of hydrogen-bond donors (Lipinski definition) is 1. The molecule has 2 fully saturated rings. The van der Waals surface area contributed by atoms with Gasteiger partial charge < -0.3 is 5.32 Å². The Kier molecular flexibility index (Phi) is 4.69. The van der Waals surface area contributed by atoms with E-state index in [2.05, 4.69) is 35.2 Å². The zero-order valence-electron chi connectivity index (χ0n) is 19.1. The van der Waals surface area contributed by atoms with Crippen LogP contribution < -0.4 is 5.32 Å². The number of rotatable bonds is 6. The summed E-state index contributed by atoms with van der Waals surface area (Å²) in [5.41, 5.74) is 6.89. The van der Waals surface area contributed by atoms with Gasteiger partial charge in [0.2, 0.25) is 5.91 Å². The summed E-state index contributed by atoms with van der Waals surface area (Å²) < 4.78 is 28.6. The van der Waals surface area contributed by atoms with Crippen molar-refractivity contribution in [3.05, 3.63) is 53.7 Å². The molecular weight excluding hydrogens is 436 g/mol. The molecule has 2 saturated carbocycles. The van der Waals surface area contributed by atoms with Crippen molar-refractivity contribution in [3.8, 4) is 11.1 Å². The van der Waals surface area contributed by atoms with Gasteiger partial charge in [-0.25, -0.2) is 18.7 Å². The maximum absolute atomic E-state index is 13.3. The van der Waals surface area contributed by atoms with Gasteiger partial charge in [-0.1, -0.05) is 13.3 Å². The van der Waals surface area contributed by atoms with Crippen LogP contribution in [0.4, 0.5) is 14.6 Å². The molecule has 1 N–H and O–H groups in total. The molecule has 34 heavy (non-hydrogen) atoms. The number of carbonyl (C=O) groups is 1. The number of amides is 1. The highest BCUT2D eigenvalue weighted by atomic mass is 19.3. The zero-order chi connectivity index (χ0) is 23.6. The van der Waals surface area contributed by atoms with Crippen molar-refractivity contribution in [2.75, 3.05) is 5.32 Å². The molecule has 1 amide bonds. The number of aryl methyl sites for hydroxylation is 2. The second-order valence-corrected chi connectivity index (χ2v) is 9.57. The molecule has 0 aliphatic heterocycles. The predicted octanol–water partition coefficient (Wildman–Crippen LogP) is 5.68. The van der Waals surface area contributed by atoms with Gasteiger partial charge in [0, 0.05) is 59.2 Å². The van der Waals surface area contributed by atoms with E-state index in [9.17, 15) is 13.6 Å².